The molecule has 0 spiro atoms. The van der Waals surface area contributed by atoms with Gasteiger partial charge in [0.2, 0.25) is 0 Å². The van der Waals surface area contributed by atoms with Crippen LogP contribution in [0.5, 0.6) is 0 Å². The summed E-state index contributed by atoms with van der Waals surface area (Å²) >= 11 is 0. The van der Waals surface area contributed by atoms with Gasteiger partial charge in [-0.2, -0.15) is 0 Å². The van der Waals surface area contributed by atoms with Crippen LogP contribution in [-0.4, -0.2) is 48.0 Å². The van der Waals surface area contributed by atoms with Crippen molar-refractivity contribution < 1.29 is 9.84 Å². The Morgan fingerprint density at radius 3 is 2.50 bits per heavy atom. The van der Waals surface area contributed by atoms with Gasteiger partial charge in [-0.3, -0.25) is 4.90 Å². The van der Waals surface area contributed by atoms with Crippen molar-refractivity contribution in [3.63, 3.8) is 0 Å². The summed E-state index contributed by atoms with van der Waals surface area (Å²) in [5, 5.41) is 10.4. The SMILES string of the molecule is CC#CC1(O)CCC(C(CCC)N2CCOCC2)CC1. The lowest BCUT2D eigenvalue weighted by Crippen LogP contribution is -2.48. The standard InChI is InChI=1S/C17H29NO2/c1-3-5-16(18-11-13-20-14-12-18)15-6-9-17(19,8-4-2)10-7-15/h15-16,19H,3,5-7,9-14H2,1-2H3. The Morgan fingerprint density at radius 2 is 1.95 bits per heavy atom. The summed E-state index contributed by atoms with van der Waals surface area (Å²) in [6, 6.07) is 0.669. The first-order valence-corrected chi connectivity index (χ1v) is 8.16. The predicted octanol–water partition coefficient (Wildman–Crippen LogP) is 2.43. The Labute approximate surface area is 123 Å². The Bertz CT molecular complexity index is 344. The zero-order valence-electron chi connectivity index (χ0n) is 13.0. The number of hydrogen-bond donors (Lipinski definition) is 1. The Balaban J connectivity index is 1.95. The molecule has 0 aromatic heterocycles. The summed E-state index contributed by atoms with van der Waals surface area (Å²) < 4.78 is 5.48. The van der Waals surface area contributed by atoms with Gasteiger partial charge in [0.1, 0.15) is 5.60 Å². The molecule has 0 aromatic carbocycles. The van der Waals surface area contributed by atoms with Crippen LogP contribution in [0, 0.1) is 17.8 Å². The van der Waals surface area contributed by atoms with E-state index in [0.29, 0.717) is 12.0 Å². The van der Waals surface area contributed by atoms with Crippen LogP contribution in [0.1, 0.15) is 52.4 Å². The predicted molar refractivity (Wildman–Crippen MR) is 81.4 cm³/mol. The second-order valence-electron chi connectivity index (χ2n) is 6.25. The summed E-state index contributed by atoms with van der Waals surface area (Å²) in [5.41, 5.74) is -0.715. The number of morpholine rings is 1. The second-order valence-corrected chi connectivity index (χ2v) is 6.25. The van der Waals surface area contributed by atoms with E-state index in [1.165, 1.54) is 12.8 Å². The average molecular weight is 279 g/mol. The summed E-state index contributed by atoms with van der Waals surface area (Å²) in [4.78, 5) is 2.62. The molecule has 2 fully saturated rings. The van der Waals surface area contributed by atoms with Crippen molar-refractivity contribution in [3.05, 3.63) is 0 Å². The summed E-state index contributed by atoms with van der Waals surface area (Å²) in [6.45, 7) is 7.98. The van der Waals surface area contributed by atoms with Crippen molar-refractivity contribution in [1.29, 1.82) is 0 Å². The van der Waals surface area contributed by atoms with E-state index in [1.807, 2.05) is 6.92 Å². The molecule has 20 heavy (non-hydrogen) atoms. The van der Waals surface area contributed by atoms with Crippen LogP contribution in [-0.2, 0) is 4.74 Å². The fourth-order valence-electron chi connectivity index (χ4n) is 3.78. The molecule has 0 bridgehead atoms. The van der Waals surface area contributed by atoms with Crippen molar-refractivity contribution in [2.75, 3.05) is 26.3 Å². The molecule has 0 aromatic rings. The Hall–Kier alpha value is -0.560. The van der Waals surface area contributed by atoms with Crippen molar-refractivity contribution in [2.45, 2.75) is 64.0 Å². The highest BCUT2D eigenvalue weighted by Crippen LogP contribution is 2.36. The van der Waals surface area contributed by atoms with Crippen LogP contribution < -0.4 is 0 Å². The number of aliphatic hydroxyl groups is 1. The maximum absolute atomic E-state index is 10.4. The molecule has 3 heteroatoms. The molecule has 0 amide bonds. The second kappa shape index (κ2) is 7.45. The zero-order valence-corrected chi connectivity index (χ0v) is 13.0. The lowest BCUT2D eigenvalue weighted by atomic mass is 9.75. The molecule has 2 rings (SSSR count). The molecule has 1 aliphatic carbocycles. The van der Waals surface area contributed by atoms with Crippen LogP contribution >= 0.6 is 0 Å². The number of rotatable bonds is 4. The molecule has 0 radical (unpaired) electrons. The van der Waals surface area contributed by atoms with Gasteiger partial charge in [-0.05, 0) is 44.9 Å². The molecule has 3 nitrogen and oxygen atoms in total. The fourth-order valence-corrected chi connectivity index (χ4v) is 3.78. The lowest BCUT2D eigenvalue weighted by Gasteiger charge is -2.43. The van der Waals surface area contributed by atoms with E-state index in [0.717, 1.165) is 52.0 Å². The summed E-state index contributed by atoms with van der Waals surface area (Å²) in [7, 11) is 0. The molecule has 1 unspecified atom stereocenters. The van der Waals surface area contributed by atoms with Crippen molar-refractivity contribution in [2.24, 2.45) is 5.92 Å². The number of hydrogen-bond acceptors (Lipinski definition) is 3. The van der Waals surface area contributed by atoms with Gasteiger partial charge in [0, 0.05) is 19.1 Å². The molecule has 1 atom stereocenters. The largest absolute Gasteiger partial charge is 0.379 e. The van der Waals surface area contributed by atoms with E-state index in [2.05, 4.69) is 23.7 Å². The maximum atomic E-state index is 10.4. The van der Waals surface area contributed by atoms with Crippen molar-refractivity contribution >= 4 is 0 Å². The third-order valence-corrected chi connectivity index (χ3v) is 4.86. The van der Waals surface area contributed by atoms with E-state index in [1.54, 1.807) is 0 Å². The van der Waals surface area contributed by atoms with Crippen LogP contribution in [0.3, 0.4) is 0 Å². The van der Waals surface area contributed by atoms with Gasteiger partial charge in [0.25, 0.3) is 0 Å². The van der Waals surface area contributed by atoms with E-state index in [9.17, 15) is 5.11 Å². The number of ether oxygens (including phenoxy) is 1. The molecular formula is C17H29NO2. The van der Waals surface area contributed by atoms with Crippen LogP contribution in [0.2, 0.25) is 0 Å². The molecule has 1 N–H and O–H groups in total. The Morgan fingerprint density at radius 1 is 1.30 bits per heavy atom. The van der Waals surface area contributed by atoms with Crippen LogP contribution in [0.25, 0.3) is 0 Å². The van der Waals surface area contributed by atoms with Crippen molar-refractivity contribution in [3.8, 4) is 11.8 Å². The van der Waals surface area contributed by atoms with E-state index in [4.69, 9.17) is 4.74 Å². The topological polar surface area (TPSA) is 32.7 Å². The van der Waals surface area contributed by atoms with Crippen molar-refractivity contribution in [1.82, 2.24) is 4.90 Å². The molecule has 1 saturated carbocycles. The highest BCUT2D eigenvalue weighted by Gasteiger charge is 2.36. The minimum absolute atomic E-state index is 0.669. The van der Waals surface area contributed by atoms with Gasteiger partial charge in [0.05, 0.1) is 13.2 Å². The van der Waals surface area contributed by atoms with Gasteiger partial charge < -0.3 is 9.84 Å². The summed E-state index contributed by atoms with van der Waals surface area (Å²) in [5.74, 6) is 6.60. The first-order chi connectivity index (χ1) is 9.68. The quantitative estimate of drug-likeness (QED) is 0.802. The first kappa shape index (κ1) is 15.8. The molecule has 114 valence electrons. The molecule has 1 aliphatic heterocycles. The average Bonchev–Trinajstić information content (AvgIpc) is 2.47. The normalized spacial score (nSPS) is 33.2. The minimum Gasteiger partial charge on any atom is -0.379 e. The van der Waals surface area contributed by atoms with Gasteiger partial charge >= 0.3 is 0 Å². The molecular weight excluding hydrogens is 250 g/mol. The smallest absolute Gasteiger partial charge is 0.125 e. The third kappa shape index (κ3) is 3.97. The van der Waals surface area contributed by atoms with Crippen LogP contribution in [0.15, 0.2) is 0 Å². The molecule has 1 saturated heterocycles. The Kier molecular flexibility index (Phi) is 5.89. The van der Waals surface area contributed by atoms with Crippen LogP contribution in [0.4, 0.5) is 0 Å². The highest BCUT2D eigenvalue weighted by atomic mass is 16.5. The summed E-state index contributed by atoms with van der Waals surface area (Å²) in [6.07, 6.45) is 6.38. The van der Waals surface area contributed by atoms with Gasteiger partial charge in [-0.25, -0.2) is 0 Å². The fraction of sp³-hybridized carbons (Fsp3) is 0.882. The molecule has 2 aliphatic rings. The van der Waals surface area contributed by atoms with E-state index in [-0.39, 0.29) is 0 Å². The minimum atomic E-state index is -0.715. The van der Waals surface area contributed by atoms with Gasteiger partial charge in [-0.15, -0.1) is 5.92 Å². The molecule has 1 heterocycles. The monoisotopic (exact) mass is 279 g/mol. The van der Waals surface area contributed by atoms with Gasteiger partial charge in [-0.1, -0.05) is 19.3 Å². The van der Waals surface area contributed by atoms with Gasteiger partial charge in [0.15, 0.2) is 0 Å². The van der Waals surface area contributed by atoms with E-state index < -0.39 is 5.60 Å². The first-order valence-electron chi connectivity index (χ1n) is 8.16. The number of nitrogens with zero attached hydrogens (tertiary/aromatic N) is 1. The zero-order chi connectivity index (χ0) is 14.4. The highest BCUT2D eigenvalue weighted by molar-refractivity contribution is 5.13. The van der Waals surface area contributed by atoms with E-state index >= 15 is 0 Å². The lowest BCUT2D eigenvalue weighted by molar-refractivity contribution is -0.0219. The third-order valence-electron chi connectivity index (χ3n) is 4.86. The maximum Gasteiger partial charge on any atom is 0.125 e.